The van der Waals surface area contributed by atoms with Crippen molar-refractivity contribution in [3.8, 4) is 6.07 Å². The first-order chi connectivity index (χ1) is 10.0. The van der Waals surface area contributed by atoms with E-state index in [0.29, 0.717) is 29.7 Å². The highest BCUT2D eigenvalue weighted by Gasteiger charge is 2.38. The third-order valence-electron chi connectivity index (χ3n) is 3.77. The number of allylic oxidation sites excluding steroid dienone is 3. The molecular weight excluding hydrogens is 352 g/mol. The van der Waals surface area contributed by atoms with Crippen LogP contribution in [-0.2, 0) is 9.53 Å². The van der Waals surface area contributed by atoms with Gasteiger partial charge in [0.1, 0.15) is 17.4 Å². The third-order valence-corrected chi connectivity index (χ3v) is 5.97. The number of hydrogen-bond acceptors (Lipinski definition) is 5. The molecule has 6 heteroatoms. The van der Waals surface area contributed by atoms with Gasteiger partial charge in [0.25, 0.3) is 0 Å². The van der Waals surface area contributed by atoms with Crippen LogP contribution in [0.5, 0.6) is 0 Å². The fourth-order valence-electron chi connectivity index (χ4n) is 2.76. The van der Waals surface area contributed by atoms with Crippen LogP contribution in [0.25, 0.3) is 0 Å². The zero-order valence-corrected chi connectivity index (χ0v) is 13.8. The number of ether oxygens (including phenoxy) is 1. The molecule has 1 unspecified atom stereocenters. The summed E-state index contributed by atoms with van der Waals surface area (Å²) in [5.41, 5.74) is 6.84. The van der Waals surface area contributed by atoms with Crippen LogP contribution in [0.3, 0.4) is 0 Å². The monoisotopic (exact) mass is 364 g/mol. The molecule has 0 saturated heterocycles. The molecule has 2 N–H and O–H groups in total. The van der Waals surface area contributed by atoms with E-state index in [-0.39, 0.29) is 17.6 Å². The number of thiophene rings is 1. The summed E-state index contributed by atoms with van der Waals surface area (Å²) in [7, 11) is 0. The topological polar surface area (TPSA) is 76.1 Å². The number of nitrogens with two attached hydrogens (primary N) is 1. The van der Waals surface area contributed by atoms with E-state index in [9.17, 15) is 10.1 Å². The molecule has 21 heavy (non-hydrogen) atoms. The number of nitriles is 1. The number of aryl methyl sites for hydroxylation is 1. The second-order valence-corrected chi connectivity index (χ2v) is 7.23. The minimum Gasteiger partial charge on any atom is -0.444 e. The molecule has 4 nitrogen and oxygen atoms in total. The molecule has 0 bridgehead atoms. The van der Waals surface area contributed by atoms with Crippen molar-refractivity contribution in [3.05, 3.63) is 43.1 Å². The highest BCUT2D eigenvalue weighted by Crippen LogP contribution is 2.46. The van der Waals surface area contributed by atoms with Crippen molar-refractivity contribution in [2.75, 3.05) is 0 Å². The van der Waals surface area contributed by atoms with Gasteiger partial charge in [-0.3, -0.25) is 4.79 Å². The second kappa shape index (κ2) is 5.32. The summed E-state index contributed by atoms with van der Waals surface area (Å²) in [4.78, 5) is 14.4. The molecule has 2 heterocycles. The highest BCUT2D eigenvalue weighted by atomic mass is 79.9. The maximum Gasteiger partial charge on any atom is 0.205 e. The van der Waals surface area contributed by atoms with Gasteiger partial charge in [0.05, 0.1) is 5.92 Å². The first kappa shape index (κ1) is 14.4. The van der Waals surface area contributed by atoms with Crippen molar-refractivity contribution in [3.63, 3.8) is 0 Å². The SMILES string of the molecule is Cc1sc(C2C(C#N)=C(N)OC3=C2C(=O)CCC3)cc1Br. The van der Waals surface area contributed by atoms with Crippen molar-refractivity contribution in [2.24, 2.45) is 5.73 Å². The molecule has 0 amide bonds. The Balaban J connectivity index is 2.19. The van der Waals surface area contributed by atoms with E-state index in [1.54, 1.807) is 11.3 Å². The summed E-state index contributed by atoms with van der Waals surface area (Å²) in [6.07, 6.45) is 1.97. The Labute approximate surface area is 135 Å². The summed E-state index contributed by atoms with van der Waals surface area (Å²) in [5, 5.41) is 9.44. The lowest BCUT2D eigenvalue weighted by molar-refractivity contribution is -0.116. The molecule has 1 aromatic rings. The summed E-state index contributed by atoms with van der Waals surface area (Å²) >= 11 is 5.06. The molecule has 0 radical (unpaired) electrons. The Morgan fingerprint density at radius 3 is 2.90 bits per heavy atom. The molecule has 1 aliphatic carbocycles. The maximum absolute atomic E-state index is 12.4. The smallest absolute Gasteiger partial charge is 0.205 e. The number of Topliss-reactive ketones (excluding diaryl/α,β-unsaturated/α-hetero) is 1. The van der Waals surface area contributed by atoms with E-state index in [1.165, 1.54) is 0 Å². The predicted molar refractivity (Wildman–Crippen MR) is 83.3 cm³/mol. The van der Waals surface area contributed by atoms with Gasteiger partial charge in [-0.05, 0) is 35.3 Å². The van der Waals surface area contributed by atoms with Gasteiger partial charge in [0.2, 0.25) is 5.88 Å². The Morgan fingerprint density at radius 2 is 2.29 bits per heavy atom. The first-order valence-corrected chi connectivity index (χ1v) is 8.23. The lowest BCUT2D eigenvalue weighted by Crippen LogP contribution is -2.26. The molecule has 1 aromatic heterocycles. The van der Waals surface area contributed by atoms with Crippen LogP contribution < -0.4 is 5.73 Å². The number of rotatable bonds is 1. The Morgan fingerprint density at radius 1 is 1.52 bits per heavy atom. The number of ketones is 1. The van der Waals surface area contributed by atoms with E-state index < -0.39 is 0 Å². The van der Waals surface area contributed by atoms with Gasteiger partial charge in [0, 0.05) is 32.6 Å². The van der Waals surface area contributed by atoms with Gasteiger partial charge >= 0.3 is 0 Å². The van der Waals surface area contributed by atoms with Gasteiger partial charge in [0.15, 0.2) is 5.78 Å². The minimum absolute atomic E-state index is 0.0590. The lowest BCUT2D eigenvalue weighted by atomic mass is 9.80. The molecule has 2 aliphatic rings. The van der Waals surface area contributed by atoms with Crippen LogP contribution in [0.4, 0.5) is 0 Å². The van der Waals surface area contributed by atoms with Crippen molar-refractivity contribution in [2.45, 2.75) is 32.1 Å². The first-order valence-electron chi connectivity index (χ1n) is 6.62. The van der Waals surface area contributed by atoms with Crippen LogP contribution in [-0.4, -0.2) is 5.78 Å². The van der Waals surface area contributed by atoms with Gasteiger partial charge in [-0.15, -0.1) is 11.3 Å². The average molecular weight is 365 g/mol. The maximum atomic E-state index is 12.4. The quantitative estimate of drug-likeness (QED) is 0.825. The molecule has 3 rings (SSSR count). The third kappa shape index (κ3) is 2.30. The fourth-order valence-corrected chi connectivity index (χ4v) is 4.45. The molecule has 0 spiro atoms. The minimum atomic E-state index is -0.387. The number of hydrogen-bond donors (Lipinski definition) is 1. The van der Waals surface area contributed by atoms with E-state index >= 15 is 0 Å². The highest BCUT2D eigenvalue weighted by molar-refractivity contribution is 9.10. The van der Waals surface area contributed by atoms with Crippen LogP contribution >= 0.6 is 27.3 Å². The zero-order chi connectivity index (χ0) is 15.1. The zero-order valence-electron chi connectivity index (χ0n) is 11.4. The molecule has 108 valence electrons. The van der Waals surface area contributed by atoms with E-state index in [1.807, 2.05) is 13.0 Å². The fraction of sp³-hybridized carbons (Fsp3) is 0.333. The summed E-state index contributed by atoms with van der Waals surface area (Å²) in [6.45, 7) is 1.99. The number of carbonyl (C=O) groups excluding carboxylic acids is 1. The van der Waals surface area contributed by atoms with Gasteiger partial charge in [-0.2, -0.15) is 5.26 Å². The standard InChI is InChI=1S/C15H13BrN2O2S/c1-7-9(16)5-12(21-7)13-8(6-17)15(18)20-11-4-2-3-10(19)14(11)13/h5,13H,2-4,18H2,1H3. The van der Waals surface area contributed by atoms with Crippen LogP contribution in [0.1, 0.15) is 34.9 Å². The summed E-state index contributed by atoms with van der Waals surface area (Å²) < 4.78 is 6.52. The van der Waals surface area contributed by atoms with Gasteiger partial charge < -0.3 is 10.5 Å². The number of nitrogens with zero attached hydrogens (tertiary/aromatic N) is 1. The molecule has 0 aromatic carbocycles. The Kier molecular flexibility index (Phi) is 3.64. The van der Waals surface area contributed by atoms with Crippen molar-refractivity contribution >= 4 is 33.0 Å². The molecule has 0 saturated carbocycles. The second-order valence-electron chi connectivity index (χ2n) is 5.09. The van der Waals surface area contributed by atoms with E-state index in [2.05, 4.69) is 22.0 Å². The molecule has 1 atom stereocenters. The molecule has 1 aliphatic heterocycles. The number of carbonyl (C=O) groups is 1. The molecule has 0 fully saturated rings. The lowest BCUT2D eigenvalue weighted by Gasteiger charge is -2.30. The Bertz CT molecular complexity index is 720. The van der Waals surface area contributed by atoms with Crippen LogP contribution in [0.2, 0.25) is 0 Å². The van der Waals surface area contributed by atoms with Gasteiger partial charge in [-0.25, -0.2) is 0 Å². The predicted octanol–water partition coefficient (Wildman–Crippen LogP) is 3.63. The van der Waals surface area contributed by atoms with Crippen molar-refractivity contribution in [1.29, 1.82) is 5.26 Å². The molecular formula is C15H13BrN2O2S. The Hall–Kier alpha value is -1.58. The summed E-state index contributed by atoms with van der Waals surface area (Å²) in [5.74, 6) is 0.429. The average Bonchev–Trinajstić information content (AvgIpc) is 2.77. The largest absolute Gasteiger partial charge is 0.444 e. The normalized spacial score (nSPS) is 22.0. The van der Waals surface area contributed by atoms with E-state index in [0.717, 1.165) is 20.6 Å². The van der Waals surface area contributed by atoms with Crippen molar-refractivity contribution in [1.82, 2.24) is 0 Å². The van der Waals surface area contributed by atoms with Crippen LogP contribution in [0.15, 0.2) is 33.3 Å². The van der Waals surface area contributed by atoms with Crippen molar-refractivity contribution < 1.29 is 9.53 Å². The number of halogens is 1. The summed E-state index contributed by atoms with van der Waals surface area (Å²) in [6, 6.07) is 4.08. The van der Waals surface area contributed by atoms with Crippen LogP contribution in [0, 0.1) is 18.3 Å². The van der Waals surface area contributed by atoms with Gasteiger partial charge in [-0.1, -0.05) is 0 Å². The van der Waals surface area contributed by atoms with E-state index in [4.69, 9.17) is 10.5 Å².